The molecule has 0 fully saturated rings. The molecule has 1 aliphatic rings. The van der Waals surface area contributed by atoms with Gasteiger partial charge in [0, 0.05) is 13.0 Å². The van der Waals surface area contributed by atoms with E-state index in [1.165, 1.54) is 6.92 Å². The van der Waals surface area contributed by atoms with Crippen molar-refractivity contribution in [3.05, 3.63) is 42.5 Å². The van der Waals surface area contributed by atoms with Gasteiger partial charge in [0.1, 0.15) is 5.75 Å². The van der Waals surface area contributed by atoms with E-state index in [0.717, 1.165) is 17.1 Å². The van der Waals surface area contributed by atoms with E-state index in [2.05, 4.69) is 5.32 Å². The number of carbonyl (C=O) groups is 1. The van der Waals surface area contributed by atoms with Crippen LogP contribution >= 0.6 is 0 Å². The summed E-state index contributed by atoms with van der Waals surface area (Å²) in [5, 5.41) is 3.26. The second-order valence-corrected chi connectivity index (χ2v) is 3.97. The number of ether oxygens (including phenoxy) is 2. The van der Waals surface area contributed by atoms with E-state index >= 15 is 0 Å². The van der Waals surface area contributed by atoms with Crippen LogP contribution in [0.25, 0.3) is 0 Å². The summed E-state index contributed by atoms with van der Waals surface area (Å²) in [5.41, 5.74) is 1.77. The van der Waals surface area contributed by atoms with Crippen molar-refractivity contribution in [3.63, 3.8) is 0 Å². The number of benzene rings is 2. The SMILES string of the molecule is CC(=O)Oc1ccc2c(c1)Oc1ccccc1N2. The zero-order valence-electron chi connectivity index (χ0n) is 9.77. The summed E-state index contributed by atoms with van der Waals surface area (Å²) in [5.74, 6) is 1.53. The number of rotatable bonds is 1. The predicted octanol–water partition coefficient (Wildman–Crippen LogP) is 3.46. The summed E-state index contributed by atoms with van der Waals surface area (Å²) in [6.07, 6.45) is 0. The van der Waals surface area contributed by atoms with Gasteiger partial charge in [0.05, 0.1) is 11.4 Å². The minimum Gasteiger partial charge on any atom is -0.453 e. The standard InChI is InChI=1S/C14H11NO3/c1-9(16)17-10-6-7-12-14(8-10)18-13-5-3-2-4-11(13)15-12/h2-8,15H,1H3. The number of fused-ring (bicyclic) bond motifs is 2. The van der Waals surface area contributed by atoms with Crippen molar-refractivity contribution in [2.24, 2.45) is 0 Å². The van der Waals surface area contributed by atoms with Gasteiger partial charge in [0.2, 0.25) is 0 Å². The topological polar surface area (TPSA) is 47.6 Å². The lowest BCUT2D eigenvalue weighted by atomic mass is 10.2. The van der Waals surface area contributed by atoms with Gasteiger partial charge < -0.3 is 14.8 Å². The van der Waals surface area contributed by atoms with Crippen LogP contribution in [0.1, 0.15) is 6.92 Å². The summed E-state index contributed by atoms with van der Waals surface area (Å²) in [4.78, 5) is 10.9. The third-order valence-corrected chi connectivity index (χ3v) is 2.59. The van der Waals surface area contributed by atoms with Crippen molar-refractivity contribution in [2.45, 2.75) is 6.92 Å². The molecule has 4 heteroatoms. The van der Waals surface area contributed by atoms with Gasteiger partial charge in [0.25, 0.3) is 0 Å². The number of nitrogens with one attached hydrogen (secondary N) is 1. The van der Waals surface area contributed by atoms with Crippen LogP contribution in [-0.2, 0) is 4.79 Å². The van der Waals surface area contributed by atoms with Gasteiger partial charge in [0.15, 0.2) is 11.5 Å². The van der Waals surface area contributed by atoms with Crippen LogP contribution in [0.15, 0.2) is 42.5 Å². The van der Waals surface area contributed by atoms with Crippen molar-refractivity contribution in [1.29, 1.82) is 0 Å². The highest BCUT2D eigenvalue weighted by atomic mass is 16.5. The largest absolute Gasteiger partial charge is 0.453 e. The maximum absolute atomic E-state index is 10.9. The molecule has 2 aromatic carbocycles. The monoisotopic (exact) mass is 241 g/mol. The summed E-state index contributed by atoms with van der Waals surface area (Å²) >= 11 is 0. The van der Waals surface area contributed by atoms with Crippen molar-refractivity contribution in [3.8, 4) is 17.2 Å². The molecule has 3 rings (SSSR count). The first-order chi connectivity index (χ1) is 8.72. The Kier molecular flexibility index (Phi) is 2.41. The lowest BCUT2D eigenvalue weighted by Gasteiger charge is -2.21. The molecular formula is C14H11NO3. The third kappa shape index (κ3) is 1.88. The molecule has 0 atom stereocenters. The van der Waals surface area contributed by atoms with Gasteiger partial charge in [-0.05, 0) is 24.3 Å². The van der Waals surface area contributed by atoms with E-state index in [4.69, 9.17) is 9.47 Å². The van der Waals surface area contributed by atoms with E-state index in [-0.39, 0.29) is 5.97 Å². The first kappa shape index (κ1) is 10.7. The Hall–Kier alpha value is -2.49. The number of para-hydroxylation sites is 2. The molecule has 0 spiro atoms. The molecule has 1 N–H and O–H groups in total. The molecule has 0 bridgehead atoms. The molecule has 1 heterocycles. The summed E-state index contributed by atoms with van der Waals surface area (Å²) < 4.78 is 10.8. The number of carbonyl (C=O) groups excluding carboxylic acids is 1. The molecular weight excluding hydrogens is 230 g/mol. The fourth-order valence-electron chi connectivity index (χ4n) is 1.84. The first-order valence-electron chi connectivity index (χ1n) is 5.59. The molecule has 0 aliphatic carbocycles. The second-order valence-electron chi connectivity index (χ2n) is 3.97. The normalized spacial score (nSPS) is 11.6. The average Bonchev–Trinajstić information content (AvgIpc) is 2.35. The molecule has 0 saturated heterocycles. The van der Waals surface area contributed by atoms with Crippen LogP contribution in [0.5, 0.6) is 17.2 Å². The molecule has 0 amide bonds. The molecule has 0 saturated carbocycles. The van der Waals surface area contributed by atoms with Gasteiger partial charge in [-0.15, -0.1) is 0 Å². The fourth-order valence-corrected chi connectivity index (χ4v) is 1.84. The summed E-state index contributed by atoms with van der Waals surface area (Å²) in [7, 11) is 0. The Morgan fingerprint density at radius 3 is 2.72 bits per heavy atom. The van der Waals surface area contributed by atoms with Gasteiger partial charge >= 0.3 is 5.97 Å². The van der Waals surface area contributed by atoms with Gasteiger partial charge in [-0.1, -0.05) is 12.1 Å². The van der Waals surface area contributed by atoms with Crippen LogP contribution < -0.4 is 14.8 Å². The van der Waals surface area contributed by atoms with E-state index < -0.39 is 0 Å². The van der Waals surface area contributed by atoms with Crippen molar-refractivity contribution >= 4 is 17.3 Å². The maximum Gasteiger partial charge on any atom is 0.308 e. The molecule has 1 aliphatic heterocycles. The van der Waals surface area contributed by atoms with Crippen LogP contribution in [0, 0.1) is 0 Å². The Morgan fingerprint density at radius 2 is 1.89 bits per heavy atom. The van der Waals surface area contributed by atoms with Gasteiger partial charge in [-0.3, -0.25) is 4.79 Å². The molecule has 90 valence electrons. The molecule has 0 radical (unpaired) electrons. The maximum atomic E-state index is 10.9. The zero-order chi connectivity index (χ0) is 12.5. The molecule has 2 aromatic rings. The molecule has 0 aromatic heterocycles. The van der Waals surface area contributed by atoms with E-state index in [9.17, 15) is 4.79 Å². The Morgan fingerprint density at radius 1 is 1.11 bits per heavy atom. The number of anilines is 2. The average molecular weight is 241 g/mol. The Balaban J connectivity index is 1.96. The van der Waals surface area contributed by atoms with Crippen LogP contribution in [-0.4, -0.2) is 5.97 Å². The predicted molar refractivity (Wildman–Crippen MR) is 67.5 cm³/mol. The second kappa shape index (κ2) is 4.07. The van der Waals surface area contributed by atoms with Gasteiger partial charge in [-0.25, -0.2) is 0 Å². The quantitative estimate of drug-likeness (QED) is 0.523. The van der Waals surface area contributed by atoms with E-state index in [1.807, 2.05) is 30.3 Å². The number of esters is 1. The highest BCUT2D eigenvalue weighted by molar-refractivity contribution is 5.77. The molecule has 4 nitrogen and oxygen atoms in total. The number of hydrogen-bond acceptors (Lipinski definition) is 4. The molecule has 18 heavy (non-hydrogen) atoms. The third-order valence-electron chi connectivity index (χ3n) is 2.59. The lowest BCUT2D eigenvalue weighted by Crippen LogP contribution is -2.05. The summed E-state index contributed by atoms with van der Waals surface area (Å²) in [6.45, 7) is 1.37. The molecule has 0 unspecified atom stereocenters. The summed E-state index contributed by atoms with van der Waals surface area (Å²) in [6, 6.07) is 12.9. The zero-order valence-corrected chi connectivity index (χ0v) is 9.77. The Labute approximate surface area is 104 Å². The van der Waals surface area contributed by atoms with Crippen molar-refractivity contribution in [1.82, 2.24) is 0 Å². The van der Waals surface area contributed by atoms with E-state index in [0.29, 0.717) is 11.5 Å². The fraction of sp³-hybridized carbons (Fsp3) is 0.0714. The van der Waals surface area contributed by atoms with Crippen LogP contribution in [0.4, 0.5) is 11.4 Å². The van der Waals surface area contributed by atoms with Crippen molar-refractivity contribution in [2.75, 3.05) is 5.32 Å². The minimum absolute atomic E-state index is 0.348. The first-order valence-corrected chi connectivity index (χ1v) is 5.59. The Bertz CT molecular complexity index is 622. The van der Waals surface area contributed by atoms with Crippen molar-refractivity contribution < 1.29 is 14.3 Å². The minimum atomic E-state index is -0.348. The highest BCUT2D eigenvalue weighted by Crippen LogP contribution is 2.42. The van der Waals surface area contributed by atoms with Gasteiger partial charge in [-0.2, -0.15) is 0 Å². The van der Waals surface area contributed by atoms with E-state index in [1.54, 1.807) is 12.1 Å². The highest BCUT2D eigenvalue weighted by Gasteiger charge is 2.16. The van der Waals surface area contributed by atoms with Crippen LogP contribution in [0.3, 0.4) is 0 Å². The lowest BCUT2D eigenvalue weighted by molar-refractivity contribution is -0.131. The number of hydrogen-bond donors (Lipinski definition) is 1. The smallest absolute Gasteiger partial charge is 0.308 e. The van der Waals surface area contributed by atoms with Crippen LogP contribution in [0.2, 0.25) is 0 Å².